The first-order valence-electron chi connectivity index (χ1n) is 15.3. The Morgan fingerprint density at radius 1 is 0.930 bits per heavy atom. The number of hydrogen-bond acceptors (Lipinski definition) is 6. The van der Waals surface area contributed by atoms with Gasteiger partial charge in [-0.1, -0.05) is 32.0 Å². The van der Waals surface area contributed by atoms with E-state index in [1.165, 1.54) is 0 Å². The zero-order valence-electron chi connectivity index (χ0n) is 25.1. The number of aromatic nitrogens is 3. The number of aryl methyl sites for hydroxylation is 3. The first kappa shape index (κ1) is 28.6. The van der Waals surface area contributed by atoms with E-state index in [-0.39, 0.29) is 17.9 Å². The van der Waals surface area contributed by atoms with Gasteiger partial charge in [0.15, 0.2) is 0 Å². The highest BCUT2D eigenvalue weighted by Gasteiger charge is 2.25. The maximum atomic E-state index is 13.5. The van der Waals surface area contributed by atoms with Crippen molar-refractivity contribution < 1.29 is 9.59 Å². The van der Waals surface area contributed by atoms with Gasteiger partial charge >= 0.3 is 0 Å². The fourth-order valence-corrected chi connectivity index (χ4v) is 6.06. The minimum absolute atomic E-state index is 0.0461. The van der Waals surface area contributed by atoms with Gasteiger partial charge < -0.3 is 25.4 Å². The van der Waals surface area contributed by atoms with Gasteiger partial charge in [0, 0.05) is 46.6 Å². The number of fused-ring (bicyclic) bond motifs is 3. The Kier molecular flexibility index (Phi) is 8.24. The molecule has 0 unspecified atom stereocenters. The number of carbonyl (C=O) groups excluding carboxylic acids is 2. The van der Waals surface area contributed by atoms with Crippen molar-refractivity contribution in [2.45, 2.75) is 58.4 Å². The molecule has 43 heavy (non-hydrogen) atoms. The van der Waals surface area contributed by atoms with Crippen LogP contribution in [0.1, 0.15) is 69.8 Å². The number of piperidine rings is 1. The lowest BCUT2D eigenvalue weighted by Crippen LogP contribution is -2.43. The highest BCUT2D eigenvalue weighted by Crippen LogP contribution is 2.29. The summed E-state index contributed by atoms with van der Waals surface area (Å²) in [6.45, 7) is 6.21. The number of nitrogens with zero attached hydrogens (tertiary/aromatic N) is 4. The predicted octanol–water partition coefficient (Wildman–Crippen LogP) is 5.31. The molecule has 0 bridgehead atoms. The van der Waals surface area contributed by atoms with Crippen LogP contribution in [-0.2, 0) is 25.7 Å². The van der Waals surface area contributed by atoms with E-state index >= 15 is 0 Å². The van der Waals surface area contributed by atoms with E-state index in [1.807, 2.05) is 47.3 Å². The Morgan fingerprint density at radius 3 is 2.35 bits per heavy atom. The van der Waals surface area contributed by atoms with Crippen LogP contribution in [0.2, 0.25) is 0 Å². The third-order valence-corrected chi connectivity index (χ3v) is 8.63. The fourth-order valence-electron chi connectivity index (χ4n) is 6.06. The Hall–Kier alpha value is -4.50. The summed E-state index contributed by atoms with van der Waals surface area (Å²) in [5.41, 5.74) is 7.27. The van der Waals surface area contributed by atoms with E-state index in [9.17, 15) is 9.59 Å². The molecule has 1 fully saturated rings. The number of rotatable bonds is 8. The van der Waals surface area contributed by atoms with Gasteiger partial charge in [-0.2, -0.15) is 4.98 Å². The molecule has 9 nitrogen and oxygen atoms in total. The molecule has 4 aromatic rings. The van der Waals surface area contributed by atoms with Gasteiger partial charge in [-0.3, -0.25) is 9.59 Å². The van der Waals surface area contributed by atoms with Crippen LogP contribution in [0.25, 0.3) is 5.82 Å². The smallest absolute Gasteiger partial charge is 0.257 e. The van der Waals surface area contributed by atoms with Crippen molar-refractivity contribution >= 4 is 29.1 Å². The Morgan fingerprint density at radius 2 is 1.65 bits per heavy atom. The largest absolute Gasteiger partial charge is 0.349 e. The van der Waals surface area contributed by atoms with Gasteiger partial charge in [-0.15, -0.1) is 0 Å². The molecule has 2 aromatic carbocycles. The van der Waals surface area contributed by atoms with Gasteiger partial charge in [0.2, 0.25) is 5.95 Å². The second-order valence-corrected chi connectivity index (χ2v) is 11.5. The summed E-state index contributed by atoms with van der Waals surface area (Å²) < 4.78 is 2.00. The zero-order chi connectivity index (χ0) is 29.9. The van der Waals surface area contributed by atoms with Crippen molar-refractivity contribution in [1.29, 1.82) is 0 Å². The lowest BCUT2D eigenvalue weighted by Gasteiger charge is -2.29. The van der Waals surface area contributed by atoms with E-state index in [1.54, 1.807) is 0 Å². The van der Waals surface area contributed by atoms with Crippen LogP contribution < -0.4 is 16.0 Å². The van der Waals surface area contributed by atoms with Crippen LogP contribution in [0.15, 0.2) is 60.9 Å². The number of hydrogen-bond donors (Lipinski definition) is 3. The first-order valence-corrected chi connectivity index (χ1v) is 15.3. The van der Waals surface area contributed by atoms with Crippen molar-refractivity contribution in [3.8, 4) is 5.82 Å². The quantitative estimate of drug-likeness (QED) is 0.262. The average molecular weight is 578 g/mol. The van der Waals surface area contributed by atoms with E-state index in [2.05, 4.69) is 64.9 Å². The molecule has 6 rings (SSSR count). The number of benzene rings is 2. The molecule has 0 saturated carbocycles. The monoisotopic (exact) mass is 577 g/mol. The van der Waals surface area contributed by atoms with Gasteiger partial charge in [-0.25, -0.2) is 4.98 Å². The highest BCUT2D eigenvalue weighted by atomic mass is 16.2. The van der Waals surface area contributed by atoms with Crippen molar-refractivity contribution in [1.82, 2.24) is 24.8 Å². The third kappa shape index (κ3) is 6.03. The molecule has 2 aliphatic heterocycles. The molecule has 3 N–H and O–H groups in total. The van der Waals surface area contributed by atoms with E-state index in [0.717, 1.165) is 91.2 Å². The topological polar surface area (TPSA) is 104 Å². The maximum Gasteiger partial charge on any atom is 0.257 e. The third-order valence-electron chi connectivity index (χ3n) is 8.63. The normalized spacial score (nSPS) is 15.0. The summed E-state index contributed by atoms with van der Waals surface area (Å²) in [5, 5.41) is 9.64. The second-order valence-electron chi connectivity index (χ2n) is 11.5. The molecule has 0 atom stereocenters. The van der Waals surface area contributed by atoms with Gasteiger partial charge in [0.25, 0.3) is 11.8 Å². The molecule has 2 aliphatic rings. The molecule has 0 aliphatic carbocycles. The molecular formula is C34H39N7O2. The average Bonchev–Trinajstić information content (AvgIpc) is 3.47. The molecule has 9 heteroatoms. The summed E-state index contributed by atoms with van der Waals surface area (Å²) in [6.07, 6.45) is 8.91. The summed E-state index contributed by atoms with van der Waals surface area (Å²) in [7, 11) is 2.11. The van der Waals surface area contributed by atoms with Crippen LogP contribution in [0, 0.1) is 0 Å². The first-order chi connectivity index (χ1) is 20.9. The van der Waals surface area contributed by atoms with Gasteiger partial charge in [0.1, 0.15) is 5.82 Å². The molecule has 0 spiro atoms. The van der Waals surface area contributed by atoms with Crippen LogP contribution in [0.5, 0.6) is 0 Å². The number of nitrogens with one attached hydrogen (secondary N) is 3. The van der Waals surface area contributed by atoms with Crippen LogP contribution in [0.3, 0.4) is 0 Å². The molecule has 1 saturated heterocycles. The number of likely N-dealkylation sites (tertiary alicyclic amines) is 1. The Bertz CT molecular complexity index is 1610. The number of carbonyl (C=O) groups is 2. The SMILES string of the molecule is CCc1cccc(CC)c1NC(=O)c1ccn2c1CCc1cnc(Nc3ccc(C(=O)NC4CCN(C)CC4)cc3)nc1-2. The van der Waals surface area contributed by atoms with Gasteiger partial charge in [-0.05, 0) is 100 Å². The molecule has 4 heterocycles. The second kappa shape index (κ2) is 12.4. The molecule has 222 valence electrons. The number of para-hydroxylation sites is 1. The molecule has 2 aromatic heterocycles. The minimum Gasteiger partial charge on any atom is -0.349 e. The van der Waals surface area contributed by atoms with Crippen molar-refractivity contribution in [2.75, 3.05) is 30.8 Å². The lowest BCUT2D eigenvalue weighted by molar-refractivity contribution is 0.0916. The lowest BCUT2D eigenvalue weighted by atomic mass is 10.0. The van der Waals surface area contributed by atoms with Crippen molar-refractivity contribution in [3.63, 3.8) is 0 Å². The number of amides is 2. The summed E-state index contributed by atoms with van der Waals surface area (Å²) in [4.78, 5) is 37.9. The molecule has 2 amide bonds. The van der Waals surface area contributed by atoms with Gasteiger partial charge in [0.05, 0.1) is 5.56 Å². The maximum absolute atomic E-state index is 13.5. The summed E-state index contributed by atoms with van der Waals surface area (Å²) >= 11 is 0. The summed E-state index contributed by atoms with van der Waals surface area (Å²) in [6, 6.07) is 15.7. The minimum atomic E-state index is -0.0971. The zero-order valence-corrected chi connectivity index (χ0v) is 25.1. The van der Waals surface area contributed by atoms with Crippen molar-refractivity contribution in [2.24, 2.45) is 0 Å². The van der Waals surface area contributed by atoms with Crippen LogP contribution in [-0.4, -0.2) is 57.4 Å². The van der Waals surface area contributed by atoms with Crippen LogP contribution >= 0.6 is 0 Å². The molecular weight excluding hydrogens is 538 g/mol. The Labute approximate surface area is 252 Å². The Balaban J connectivity index is 1.16. The molecule has 0 radical (unpaired) electrons. The van der Waals surface area contributed by atoms with E-state index in [4.69, 9.17) is 4.98 Å². The highest BCUT2D eigenvalue weighted by molar-refractivity contribution is 6.06. The predicted molar refractivity (Wildman–Crippen MR) is 170 cm³/mol. The number of anilines is 3. The standard InChI is InChI=1S/C34H39N7O2/c1-4-22-7-6-8-23(5-2)30(22)38-33(43)28-17-20-41-29(28)14-11-25-21-35-34(39-31(25)41)37-26-12-9-24(10-13-26)32(42)36-27-15-18-40(3)19-16-27/h6-10,12-13,17,20-21,27H,4-5,11,14-16,18-19H2,1-3H3,(H,36,42)(H,38,43)(H,35,37,39). The van der Waals surface area contributed by atoms with E-state index in [0.29, 0.717) is 17.1 Å². The van der Waals surface area contributed by atoms with Crippen LogP contribution in [0.4, 0.5) is 17.3 Å². The summed E-state index contributed by atoms with van der Waals surface area (Å²) in [5.74, 6) is 1.09. The van der Waals surface area contributed by atoms with E-state index < -0.39 is 0 Å². The fraction of sp³-hybridized carbons (Fsp3) is 0.353. The van der Waals surface area contributed by atoms with Crippen molar-refractivity contribution in [3.05, 3.63) is 94.4 Å².